The quantitative estimate of drug-likeness (QED) is 0.844. The smallest absolute Gasteiger partial charge is 0.346 e. The second-order valence-electron chi connectivity index (χ2n) is 6.46. The van der Waals surface area contributed by atoms with Gasteiger partial charge >= 0.3 is 6.18 Å². The fourth-order valence-corrected chi connectivity index (χ4v) is 2.41. The zero-order valence-electron chi connectivity index (χ0n) is 13.9. The largest absolute Gasteiger partial charge is 0.416 e. The Labute approximate surface area is 150 Å². The average Bonchev–Trinajstić information content (AvgIpc) is 2.91. The number of nitrogens with zero attached hydrogens (tertiary/aromatic N) is 1. The lowest BCUT2D eigenvalue weighted by Crippen LogP contribution is -2.48. The van der Waals surface area contributed by atoms with Crippen molar-refractivity contribution in [2.75, 3.05) is 18.0 Å². The van der Waals surface area contributed by atoms with Crippen molar-refractivity contribution in [3.05, 3.63) is 29.3 Å². The molecule has 25 heavy (non-hydrogen) atoms. The van der Waals surface area contributed by atoms with Gasteiger partial charge in [-0.25, -0.2) is 0 Å². The highest BCUT2D eigenvalue weighted by Crippen LogP contribution is 2.34. The number of nitrogens with two attached hydrogens (primary N) is 1. The van der Waals surface area contributed by atoms with E-state index in [1.165, 1.54) is 11.0 Å². The maximum atomic E-state index is 13.1. The number of alkyl halides is 3. The molecule has 1 aromatic rings. The number of halogens is 4. The normalized spacial score (nSPS) is 15.1. The number of hydrogen-bond donors (Lipinski definition) is 2. The van der Waals surface area contributed by atoms with Gasteiger partial charge in [-0.15, -0.1) is 12.4 Å². The van der Waals surface area contributed by atoms with Crippen molar-refractivity contribution in [1.29, 1.82) is 0 Å². The van der Waals surface area contributed by atoms with E-state index < -0.39 is 23.2 Å². The van der Waals surface area contributed by atoms with E-state index in [1.54, 1.807) is 13.8 Å². The molecule has 3 N–H and O–H groups in total. The Kier molecular flexibility index (Phi) is 6.47. The second kappa shape index (κ2) is 7.61. The predicted octanol–water partition coefficient (Wildman–Crippen LogP) is 2.72. The zero-order chi connectivity index (χ0) is 18.1. The monoisotopic (exact) mass is 379 g/mol. The molecule has 0 saturated carbocycles. The molecule has 0 bridgehead atoms. The number of nitrogens with one attached hydrogen (secondary N) is 1. The molecule has 1 aliphatic rings. The first-order valence-corrected chi connectivity index (χ1v) is 7.59. The highest BCUT2D eigenvalue weighted by molar-refractivity contribution is 5.99. The van der Waals surface area contributed by atoms with Gasteiger partial charge in [-0.05, 0) is 38.5 Å². The number of anilines is 1. The molecule has 2 amide bonds. The summed E-state index contributed by atoms with van der Waals surface area (Å²) in [6.07, 6.45) is -3.74. The van der Waals surface area contributed by atoms with E-state index in [-0.39, 0.29) is 42.5 Å². The van der Waals surface area contributed by atoms with Crippen molar-refractivity contribution in [3.8, 4) is 0 Å². The lowest BCUT2D eigenvalue weighted by atomic mass is 10.0. The van der Waals surface area contributed by atoms with Crippen molar-refractivity contribution < 1.29 is 22.8 Å². The van der Waals surface area contributed by atoms with Crippen LogP contribution in [0.3, 0.4) is 0 Å². The van der Waals surface area contributed by atoms with Crippen LogP contribution in [0, 0.1) is 0 Å². The SMILES string of the molecule is CC(C)(CN)NC(=O)c1cc(N2CCCC2=O)cc(C(F)(F)F)c1.Cl. The van der Waals surface area contributed by atoms with Gasteiger partial charge in [-0.2, -0.15) is 13.2 Å². The molecule has 1 fully saturated rings. The summed E-state index contributed by atoms with van der Waals surface area (Å²) in [5, 5.41) is 2.60. The predicted molar refractivity (Wildman–Crippen MR) is 90.9 cm³/mol. The summed E-state index contributed by atoms with van der Waals surface area (Å²) >= 11 is 0. The first kappa shape index (κ1) is 21.2. The van der Waals surface area contributed by atoms with Crippen LogP contribution in [-0.4, -0.2) is 30.4 Å². The maximum Gasteiger partial charge on any atom is 0.416 e. The zero-order valence-corrected chi connectivity index (χ0v) is 14.8. The minimum absolute atomic E-state index is 0. The fourth-order valence-electron chi connectivity index (χ4n) is 2.41. The Morgan fingerprint density at radius 1 is 1.28 bits per heavy atom. The molecule has 1 aliphatic heterocycles. The van der Waals surface area contributed by atoms with Crippen molar-refractivity contribution >= 4 is 29.9 Å². The van der Waals surface area contributed by atoms with Crippen molar-refractivity contribution in [2.45, 2.75) is 38.4 Å². The Hall–Kier alpha value is -1.80. The lowest BCUT2D eigenvalue weighted by Gasteiger charge is -2.25. The van der Waals surface area contributed by atoms with E-state index in [2.05, 4.69) is 5.32 Å². The summed E-state index contributed by atoms with van der Waals surface area (Å²) in [7, 11) is 0. The lowest BCUT2D eigenvalue weighted by molar-refractivity contribution is -0.137. The van der Waals surface area contributed by atoms with Gasteiger partial charge in [0.2, 0.25) is 5.91 Å². The van der Waals surface area contributed by atoms with Gasteiger partial charge in [0.05, 0.1) is 5.56 Å². The molecule has 5 nitrogen and oxygen atoms in total. The van der Waals surface area contributed by atoms with Crippen LogP contribution in [0.2, 0.25) is 0 Å². The van der Waals surface area contributed by atoms with Crippen LogP contribution < -0.4 is 16.0 Å². The number of amides is 2. The third-order valence-corrected chi connectivity index (χ3v) is 3.85. The molecule has 0 spiro atoms. The van der Waals surface area contributed by atoms with Gasteiger partial charge in [0.15, 0.2) is 0 Å². The molecule has 0 unspecified atom stereocenters. The summed E-state index contributed by atoms with van der Waals surface area (Å²) < 4.78 is 39.4. The van der Waals surface area contributed by atoms with Crippen LogP contribution in [-0.2, 0) is 11.0 Å². The van der Waals surface area contributed by atoms with Crippen LogP contribution in [0.15, 0.2) is 18.2 Å². The molecule has 0 radical (unpaired) electrons. The number of carbonyl (C=O) groups is 2. The van der Waals surface area contributed by atoms with Crippen LogP contribution in [0.5, 0.6) is 0 Å². The van der Waals surface area contributed by atoms with E-state index in [1.807, 2.05) is 0 Å². The highest BCUT2D eigenvalue weighted by Gasteiger charge is 2.34. The van der Waals surface area contributed by atoms with Crippen LogP contribution in [0.4, 0.5) is 18.9 Å². The van der Waals surface area contributed by atoms with Gasteiger partial charge in [0.25, 0.3) is 5.91 Å². The summed E-state index contributed by atoms with van der Waals surface area (Å²) in [4.78, 5) is 25.4. The van der Waals surface area contributed by atoms with E-state index in [0.717, 1.165) is 12.1 Å². The summed E-state index contributed by atoms with van der Waals surface area (Å²) in [6, 6.07) is 2.99. The molecule has 9 heteroatoms. The van der Waals surface area contributed by atoms with E-state index >= 15 is 0 Å². The Balaban J connectivity index is 0.00000312. The van der Waals surface area contributed by atoms with Gasteiger partial charge < -0.3 is 16.0 Å². The molecule has 1 heterocycles. The highest BCUT2D eigenvalue weighted by atomic mass is 35.5. The first-order valence-electron chi connectivity index (χ1n) is 7.59. The number of rotatable bonds is 4. The second-order valence-corrected chi connectivity index (χ2v) is 6.46. The number of benzene rings is 1. The Bertz CT molecular complexity index is 663. The van der Waals surface area contributed by atoms with E-state index in [0.29, 0.717) is 13.0 Å². The minimum atomic E-state index is -4.61. The molecule has 1 aromatic carbocycles. The molecular formula is C16H21ClF3N3O2. The molecule has 0 atom stereocenters. The first-order chi connectivity index (χ1) is 11.0. The van der Waals surface area contributed by atoms with Gasteiger partial charge in [-0.3, -0.25) is 9.59 Å². The van der Waals surface area contributed by atoms with Crippen LogP contribution in [0.1, 0.15) is 42.6 Å². The fraction of sp³-hybridized carbons (Fsp3) is 0.500. The molecule has 1 saturated heterocycles. The summed E-state index contributed by atoms with van der Waals surface area (Å²) in [5.74, 6) is -0.910. The summed E-state index contributed by atoms with van der Waals surface area (Å²) in [5.41, 5.74) is 3.75. The van der Waals surface area contributed by atoms with Crippen molar-refractivity contribution in [1.82, 2.24) is 5.32 Å². The number of carbonyl (C=O) groups excluding carboxylic acids is 2. The van der Waals surface area contributed by atoms with Gasteiger partial charge in [0.1, 0.15) is 0 Å². The van der Waals surface area contributed by atoms with Crippen LogP contribution in [0.25, 0.3) is 0 Å². The molecular weight excluding hydrogens is 359 g/mol. The molecule has 140 valence electrons. The van der Waals surface area contributed by atoms with Crippen molar-refractivity contribution in [3.63, 3.8) is 0 Å². The minimum Gasteiger partial charge on any atom is -0.346 e. The van der Waals surface area contributed by atoms with E-state index in [9.17, 15) is 22.8 Å². The standard InChI is InChI=1S/C16H20F3N3O2.ClH/c1-15(2,9-20)21-14(24)10-6-11(16(17,18)19)8-12(7-10)22-5-3-4-13(22)23;/h6-8H,3-5,9,20H2,1-2H3,(H,21,24);1H. The number of hydrogen-bond acceptors (Lipinski definition) is 3. The van der Waals surface area contributed by atoms with Crippen LogP contribution >= 0.6 is 12.4 Å². The molecule has 0 aliphatic carbocycles. The summed E-state index contributed by atoms with van der Waals surface area (Å²) in [6.45, 7) is 3.82. The topological polar surface area (TPSA) is 75.4 Å². The van der Waals surface area contributed by atoms with Crippen molar-refractivity contribution in [2.24, 2.45) is 5.73 Å². The maximum absolute atomic E-state index is 13.1. The third-order valence-electron chi connectivity index (χ3n) is 3.85. The molecule has 0 aromatic heterocycles. The molecule has 2 rings (SSSR count). The van der Waals surface area contributed by atoms with E-state index in [4.69, 9.17) is 5.73 Å². The average molecular weight is 380 g/mol. The van der Waals surface area contributed by atoms with Gasteiger partial charge in [0, 0.05) is 36.3 Å². The van der Waals surface area contributed by atoms with Gasteiger partial charge in [-0.1, -0.05) is 0 Å². The third kappa shape index (κ3) is 5.09. The Morgan fingerprint density at radius 2 is 1.92 bits per heavy atom. The Morgan fingerprint density at radius 3 is 2.40 bits per heavy atom.